The van der Waals surface area contributed by atoms with E-state index in [2.05, 4.69) is 21.2 Å². The molecule has 1 aliphatic heterocycles. The van der Waals surface area contributed by atoms with Crippen LogP contribution in [0.4, 0.5) is 10.5 Å². The van der Waals surface area contributed by atoms with Gasteiger partial charge in [-0.1, -0.05) is 70.9 Å². The average Bonchev–Trinajstić information content (AvgIpc) is 2.82. The summed E-state index contributed by atoms with van der Waals surface area (Å²) in [6.07, 6.45) is 2.01. The van der Waals surface area contributed by atoms with Crippen molar-refractivity contribution in [3.63, 3.8) is 0 Å². The molecule has 0 radical (unpaired) electrons. The number of para-hydroxylation sites is 1. The van der Waals surface area contributed by atoms with Gasteiger partial charge in [-0.2, -0.15) is 0 Å². The van der Waals surface area contributed by atoms with E-state index in [9.17, 15) is 14.4 Å². The van der Waals surface area contributed by atoms with Crippen molar-refractivity contribution in [2.24, 2.45) is 0 Å². The lowest BCUT2D eigenvalue weighted by Gasteiger charge is -2.28. The number of carbonyl (C=O) groups excluding carboxylic acids is 3. The number of halogens is 2. The molecule has 1 heterocycles. The summed E-state index contributed by atoms with van der Waals surface area (Å²) >= 11 is 9.69. The monoisotopic (exact) mass is 538 g/mol. The van der Waals surface area contributed by atoms with E-state index in [-0.39, 0.29) is 12.2 Å². The zero-order chi connectivity index (χ0) is 24.2. The van der Waals surface area contributed by atoms with E-state index in [1.165, 1.54) is 6.08 Å². The Balaban J connectivity index is 1.70. The Hall–Kier alpha value is -3.42. The van der Waals surface area contributed by atoms with Crippen molar-refractivity contribution in [1.82, 2.24) is 5.32 Å². The molecule has 3 aromatic carbocycles. The first kappa shape index (κ1) is 23.7. The Bertz CT molecular complexity index is 1320. The molecule has 1 aliphatic rings. The molecule has 4 rings (SSSR count). The highest BCUT2D eigenvalue weighted by Crippen LogP contribution is 2.30. The summed E-state index contributed by atoms with van der Waals surface area (Å²) in [5.74, 6) is -1.06. The number of amides is 4. The normalized spacial score (nSPS) is 15.0. The highest BCUT2D eigenvalue weighted by atomic mass is 79.9. The third-order valence-corrected chi connectivity index (χ3v) is 6.34. The topological polar surface area (TPSA) is 75.7 Å². The van der Waals surface area contributed by atoms with Gasteiger partial charge in [0.15, 0.2) is 0 Å². The second-order valence-electron chi connectivity index (χ2n) is 7.50. The van der Waals surface area contributed by atoms with E-state index in [0.29, 0.717) is 28.4 Å². The molecular formula is C26H20BrClN2O4. The zero-order valence-corrected chi connectivity index (χ0v) is 20.5. The molecule has 1 fully saturated rings. The number of urea groups is 1. The van der Waals surface area contributed by atoms with Gasteiger partial charge in [-0.3, -0.25) is 14.9 Å². The molecule has 1 saturated heterocycles. The molecule has 3 aromatic rings. The fourth-order valence-corrected chi connectivity index (χ4v) is 4.17. The van der Waals surface area contributed by atoms with Crippen molar-refractivity contribution in [3.8, 4) is 5.75 Å². The molecule has 0 bridgehead atoms. The molecule has 0 saturated carbocycles. The predicted molar refractivity (Wildman–Crippen MR) is 135 cm³/mol. The van der Waals surface area contributed by atoms with E-state index in [4.69, 9.17) is 16.3 Å². The quantitative estimate of drug-likeness (QED) is 0.312. The van der Waals surface area contributed by atoms with Crippen LogP contribution in [0.15, 0.2) is 76.8 Å². The highest BCUT2D eigenvalue weighted by molar-refractivity contribution is 9.10. The number of barbiturate groups is 1. The van der Waals surface area contributed by atoms with Crippen molar-refractivity contribution in [1.29, 1.82) is 0 Å². The van der Waals surface area contributed by atoms with Crippen LogP contribution in [0.25, 0.3) is 6.08 Å². The first-order chi connectivity index (χ1) is 16.4. The Labute approximate surface area is 210 Å². The second-order valence-corrected chi connectivity index (χ2v) is 8.79. The lowest BCUT2D eigenvalue weighted by molar-refractivity contribution is -0.122. The van der Waals surface area contributed by atoms with Crippen LogP contribution in [0.1, 0.15) is 23.6 Å². The third kappa shape index (κ3) is 4.90. The number of nitrogens with zero attached hydrogens (tertiary/aromatic N) is 1. The Kier molecular flexibility index (Phi) is 7.14. The van der Waals surface area contributed by atoms with Crippen LogP contribution >= 0.6 is 27.5 Å². The molecule has 0 aliphatic carbocycles. The van der Waals surface area contributed by atoms with Crippen molar-refractivity contribution >= 4 is 57.1 Å². The van der Waals surface area contributed by atoms with Crippen LogP contribution in [0, 0.1) is 0 Å². The Morgan fingerprint density at radius 1 is 1.00 bits per heavy atom. The fourth-order valence-electron chi connectivity index (χ4n) is 3.59. The minimum absolute atomic E-state index is 0.196. The number of benzene rings is 3. The Morgan fingerprint density at radius 2 is 1.71 bits per heavy atom. The maximum absolute atomic E-state index is 13.3. The second kappa shape index (κ2) is 10.2. The number of hydrogen-bond donors (Lipinski definition) is 1. The van der Waals surface area contributed by atoms with Crippen LogP contribution in [0.3, 0.4) is 0 Å². The summed E-state index contributed by atoms with van der Waals surface area (Å²) in [5.41, 5.74) is 2.41. The van der Waals surface area contributed by atoms with Crippen LogP contribution in [0.5, 0.6) is 5.75 Å². The average molecular weight is 540 g/mol. The van der Waals surface area contributed by atoms with Crippen LogP contribution in [-0.4, -0.2) is 17.8 Å². The molecule has 6 nitrogen and oxygen atoms in total. The van der Waals surface area contributed by atoms with Crippen LogP contribution < -0.4 is 15.0 Å². The first-order valence-corrected chi connectivity index (χ1v) is 11.7. The summed E-state index contributed by atoms with van der Waals surface area (Å²) in [6, 6.07) is 18.9. The molecular weight excluding hydrogens is 520 g/mol. The van der Waals surface area contributed by atoms with Gasteiger partial charge in [-0.05, 0) is 48.4 Å². The molecule has 34 heavy (non-hydrogen) atoms. The van der Waals surface area contributed by atoms with Gasteiger partial charge in [-0.25, -0.2) is 9.69 Å². The number of nitrogens with one attached hydrogen (secondary N) is 1. The third-order valence-electron chi connectivity index (χ3n) is 5.33. The smallest absolute Gasteiger partial charge is 0.335 e. The SMILES string of the molecule is CCc1ccccc1N1C(=O)NC(=O)/C(=C/c2cc(Cl)ccc2OCc2ccccc2Br)C1=O. The largest absolute Gasteiger partial charge is 0.488 e. The molecule has 0 aromatic heterocycles. The molecule has 8 heteroatoms. The van der Waals surface area contributed by atoms with Gasteiger partial charge < -0.3 is 4.74 Å². The van der Waals surface area contributed by atoms with E-state index in [0.717, 1.165) is 20.5 Å². The summed E-state index contributed by atoms with van der Waals surface area (Å²) in [4.78, 5) is 39.6. The zero-order valence-electron chi connectivity index (χ0n) is 18.2. The molecule has 1 N–H and O–H groups in total. The standard InChI is InChI=1S/C26H20BrClN2O4/c1-2-16-7-4-6-10-22(16)30-25(32)20(24(31)29-26(30)33)14-18-13-19(28)11-12-23(18)34-15-17-8-3-5-9-21(17)27/h3-14H,2,15H2,1H3,(H,29,31,33)/b20-14-. The molecule has 0 unspecified atom stereocenters. The van der Waals surface area contributed by atoms with Gasteiger partial charge in [0.1, 0.15) is 17.9 Å². The van der Waals surface area contributed by atoms with E-state index >= 15 is 0 Å². The number of anilines is 1. The van der Waals surface area contributed by atoms with Gasteiger partial charge in [0, 0.05) is 20.6 Å². The molecule has 4 amide bonds. The summed E-state index contributed by atoms with van der Waals surface area (Å²) < 4.78 is 6.88. The van der Waals surface area contributed by atoms with Crippen LogP contribution in [0.2, 0.25) is 5.02 Å². The summed E-state index contributed by atoms with van der Waals surface area (Å²) in [6.45, 7) is 2.18. The highest BCUT2D eigenvalue weighted by Gasteiger charge is 2.37. The summed E-state index contributed by atoms with van der Waals surface area (Å²) in [7, 11) is 0. The molecule has 0 spiro atoms. The number of rotatable bonds is 6. The number of aryl methyl sites for hydroxylation is 1. The first-order valence-electron chi connectivity index (χ1n) is 10.5. The van der Waals surface area contributed by atoms with Gasteiger partial charge in [-0.15, -0.1) is 0 Å². The van der Waals surface area contributed by atoms with Gasteiger partial charge >= 0.3 is 6.03 Å². The van der Waals surface area contributed by atoms with Crippen molar-refractivity contribution in [3.05, 3.63) is 98.5 Å². The summed E-state index contributed by atoms with van der Waals surface area (Å²) in [5, 5.41) is 2.67. The molecule has 172 valence electrons. The van der Waals surface area contributed by atoms with E-state index in [1.54, 1.807) is 30.3 Å². The van der Waals surface area contributed by atoms with E-state index < -0.39 is 17.8 Å². The minimum atomic E-state index is -0.787. The van der Waals surface area contributed by atoms with Gasteiger partial charge in [0.25, 0.3) is 11.8 Å². The van der Waals surface area contributed by atoms with Crippen molar-refractivity contribution in [2.75, 3.05) is 4.90 Å². The number of carbonyl (C=O) groups is 3. The number of imide groups is 2. The van der Waals surface area contributed by atoms with Crippen LogP contribution in [-0.2, 0) is 22.6 Å². The van der Waals surface area contributed by atoms with Gasteiger partial charge in [0.05, 0.1) is 5.69 Å². The number of hydrogen-bond acceptors (Lipinski definition) is 4. The van der Waals surface area contributed by atoms with Crippen molar-refractivity contribution in [2.45, 2.75) is 20.0 Å². The van der Waals surface area contributed by atoms with Gasteiger partial charge in [0.2, 0.25) is 0 Å². The maximum atomic E-state index is 13.3. The van der Waals surface area contributed by atoms with Crippen molar-refractivity contribution < 1.29 is 19.1 Å². The minimum Gasteiger partial charge on any atom is -0.488 e. The lowest BCUT2D eigenvalue weighted by Crippen LogP contribution is -2.54. The number of ether oxygens (including phenoxy) is 1. The predicted octanol–water partition coefficient (Wildman–Crippen LogP) is 5.91. The molecule has 0 atom stereocenters. The Morgan fingerprint density at radius 3 is 2.44 bits per heavy atom. The van der Waals surface area contributed by atoms with E-state index in [1.807, 2.05) is 43.3 Å². The lowest BCUT2D eigenvalue weighted by atomic mass is 10.0. The maximum Gasteiger partial charge on any atom is 0.335 e. The fraction of sp³-hybridized carbons (Fsp3) is 0.115.